The first-order chi connectivity index (χ1) is 9.35. The molecule has 2 heterocycles. The van der Waals surface area contributed by atoms with Crippen LogP contribution in [0.5, 0.6) is 0 Å². The molecule has 6 heteroatoms. The number of nitrogens with one attached hydrogen (secondary N) is 2. The average Bonchev–Trinajstić information content (AvgIpc) is 2.38. The number of urea groups is 1. The van der Waals surface area contributed by atoms with Crippen molar-refractivity contribution in [3.63, 3.8) is 0 Å². The quantitative estimate of drug-likeness (QED) is 0.805. The first-order valence-electron chi connectivity index (χ1n) is 6.86. The van der Waals surface area contributed by atoms with Crippen molar-refractivity contribution >= 4 is 11.7 Å². The number of carbonyl (C=O) groups is 1. The Labute approximate surface area is 118 Å². The molecule has 1 aliphatic heterocycles. The summed E-state index contributed by atoms with van der Waals surface area (Å²) in [6.45, 7) is 8.82. The Balaban J connectivity index is 1.90. The van der Waals surface area contributed by atoms with Gasteiger partial charge in [-0.1, -0.05) is 0 Å². The predicted octanol–water partition coefficient (Wildman–Crippen LogP) is 1.00. The van der Waals surface area contributed by atoms with E-state index < -0.39 is 0 Å². The summed E-state index contributed by atoms with van der Waals surface area (Å²) in [7, 11) is 0. The third kappa shape index (κ3) is 3.76. The third-order valence-electron chi connectivity index (χ3n) is 3.18. The van der Waals surface area contributed by atoms with Crippen LogP contribution in [0.1, 0.15) is 20.8 Å². The monoisotopic (exact) mass is 278 g/mol. The van der Waals surface area contributed by atoms with Crippen LogP contribution < -0.4 is 15.8 Å². The molecule has 0 radical (unpaired) electrons. The molecule has 0 spiro atoms. The van der Waals surface area contributed by atoms with Crippen molar-refractivity contribution in [2.75, 3.05) is 31.1 Å². The van der Waals surface area contributed by atoms with Gasteiger partial charge in [0.15, 0.2) is 0 Å². The summed E-state index contributed by atoms with van der Waals surface area (Å²) in [4.78, 5) is 29.8. The molecule has 1 aromatic rings. The Morgan fingerprint density at radius 1 is 1.20 bits per heavy atom. The number of H-pyrrole nitrogens is 1. The second kappa shape index (κ2) is 5.56. The first-order valence-corrected chi connectivity index (χ1v) is 6.86. The Morgan fingerprint density at radius 3 is 2.35 bits per heavy atom. The molecule has 20 heavy (non-hydrogen) atoms. The number of nitrogens with zero attached hydrogens (tertiary/aromatic N) is 2. The number of piperazine rings is 1. The first kappa shape index (κ1) is 14.4. The molecule has 110 valence electrons. The number of carbonyl (C=O) groups excluding carboxylic acids is 1. The summed E-state index contributed by atoms with van der Waals surface area (Å²) in [6.07, 6.45) is 1.72. The molecule has 1 aliphatic rings. The minimum Gasteiger partial charge on any atom is -0.367 e. The van der Waals surface area contributed by atoms with Crippen molar-refractivity contribution < 1.29 is 4.79 Å². The lowest BCUT2D eigenvalue weighted by molar-refractivity contribution is 0.185. The highest BCUT2D eigenvalue weighted by Gasteiger charge is 2.24. The van der Waals surface area contributed by atoms with Crippen LogP contribution in [0, 0.1) is 0 Å². The van der Waals surface area contributed by atoms with E-state index in [1.165, 1.54) is 6.07 Å². The van der Waals surface area contributed by atoms with Gasteiger partial charge in [0, 0.05) is 44.0 Å². The fraction of sp³-hybridized carbons (Fsp3) is 0.571. The summed E-state index contributed by atoms with van der Waals surface area (Å²) < 4.78 is 0. The Morgan fingerprint density at radius 2 is 1.85 bits per heavy atom. The van der Waals surface area contributed by atoms with Crippen LogP contribution in [-0.4, -0.2) is 47.6 Å². The Hall–Kier alpha value is -1.98. The van der Waals surface area contributed by atoms with Crippen LogP contribution in [0.15, 0.2) is 23.1 Å². The summed E-state index contributed by atoms with van der Waals surface area (Å²) in [6, 6.07) is 3.32. The standard InChI is InChI=1S/C14H22N4O2/c1-14(2,3)16-13(20)18-8-6-17(7-9-18)11-4-5-12(19)15-10-11/h4-5,10H,6-9H2,1-3H3,(H,15,19)(H,16,20). The van der Waals surface area contributed by atoms with E-state index in [0.717, 1.165) is 18.8 Å². The van der Waals surface area contributed by atoms with E-state index in [0.29, 0.717) is 13.1 Å². The van der Waals surface area contributed by atoms with Gasteiger partial charge in [-0.2, -0.15) is 0 Å². The highest BCUT2D eigenvalue weighted by molar-refractivity contribution is 5.75. The Bertz CT molecular complexity index is 504. The van der Waals surface area contributed by atoms with Gasteiger partial charge >= 0.3 is 6.03 Å². The summed E-state index contributed by atoms with van der Waals surface area (Å²) >= 11 is 0. The van der Waals surface area contributed by atoms with Crippen molar-refractivity contribution in [2.45, 2.75) is 26.3 Å². The molecule has 1 aromatic heterocycles. The molecule has 0 unspecified atom stereocenters. The maximum atomic E-state index is 12.1. The van der Waals surface area contributed by atoms with Crippen LogP contribution in [0.3, 0.4) is 0 Å². The number of aromatic amines is 1. The van der Waals surface area contributed by atoms with Crippen molar-refractivity contribution in [3.05, 3.63) is 28.7 Å². The number of anilines is 1. The molecule has 1 saturated heterocycles. The summed E-state index contributed by atoms with van der Waals surface area (Å²) in [5.41, 5.74) is 0.671. The zero-order valence-electron chi connectivity index (χ0n) is 12.3. The smallest absolute Gasteiger partial charge is 0.317 e. The molecule has 2 rings (SSSR count). The number of amides is 2. The minimum absolute atomic E-state index is 0.0152. The van der Waals surface area contributed by atoms with Crippen LogP contribution in [0.25, 0.3) is 0 Å². The molecule has 2 amide bonds. The number of aromatic nitrogens is 1. The van der Waals surface area contributed by atoms with E-state index in [4.69, 9.17) is 0 Å². The van der Waals surface area contributed by atoms with Crippen molar-refractivity contribution in [3.8, 4) is 0 Å². The lowest BCUT2D eigenvalue weighted by Gasteiger charge is -2.37. The van der Waals surface area contributed by atoms with E-state index in [1.807, 2.05) is 31.7 Å². The van der Waals surface area contributed by atoms with Crippen LogP contribution in [0.4, 0.5) is 10.5 Å². The molecular formula is C14H22N4O2. The lowest BCUT2D eigenvalue weighted by atomic mass is 10.1. The Kier molecular flexibility index (Phi) is 4.01. The number of pyridine rings is 1. The van der Waals surface area contributed by atoms with Crippen molar-refractivity contribution in [1.82, 2.24) is 15.2 Å². The highest BCUT2D eigenvalue weighted by atomic mass is 16.2. The van der Waals surface area contributed by atoms with Gasteiger partial charge in [-0.15, -0.1) is 0 Å². The second-order valence-corrected chi connectivity index (χ2v) is 6.07. The van der Waals surface area contributed by atoms with Gasteiger partial charge in [0.25, 0.3) is 0 Å². The fourth-order valence-corrected chi connectivity index (χ4v) is 2.17. The molecule has 0 aliphatic carbocycles. The highest BCUT2D eigenvalue weighted by Crippen LogP contribution is 2.14. The zero-order chi connectivity index (χ0) is 14.8. The predicted molar refractivity (Wildman–Crippen MR) is 79.1 cm³/mol. The van der Waals surface area contributed by atoms with E-state index in [1.54, 1.807) is 6.20 Å². The molecule has 6 nitrogen and oxygen atoms in total. The van der Waals surface area contributed by atoms with E-state index in [-0.39, 0.29) is 17.1 Å². The van der Waals surface area contributed by atoms with Crippen LogP contribution in [0.2, 0.25) is 0 Å². The molecule has 0 saturated carbocycles. The van der Waals surface area contributed by atoms with Gasteiger partial charge in [0.2, 0.25) is 5.56 Å². The second-order valence-electron chi connectivity index (χ2n) is 6.07. The third-order valence-corrected chi connectivity index (χ3v) is 3.18. The van der Waals surface area contributed by atoms with E-state index >= 15 is 0 Å². The fourth-order valence-electron chi connectivity index (χ4n) is 2.17. The molecule has 2 N–H and O–H groups in total. The van der Waals surface area contributed by atoms with Crippen LogP contribution in [-0.2, 0) is 0 Å². The maximum Gasteiger partial charge on any atom is 0.317 e. The normalized spacial score (nSPS) is 16.1. The number of rotatable bonds is 1. The average molecular weight is 278 g/mol. The number of hydrogen-bond acceptors (Lipinski definition) is 3. The van der Waals surface area contributed by atoms with Gasteiger partial charge < -0.3 is 20.1 Å². The van der Waals surface area contributed by atoms with Crippen molar-refractivity contribution in [1.29, 1.82) is 0 Å². The topological polar surface area (TPSA) is 68.4 Å². The summed E-state index contributed by atoms with van der Waals surface area (Å²) in [5, 5.41) is 2.97. The van der Waals surface area contributed by atoms with Crippen molar-refractivity contribution in [2.24, 2.45) is 0 Å². The van der Waals surface area contributed by atoms with Gasteiger partial charge in [0.1, 0.15) is 0 Å². The lowest BCUT2D eigenvalue weighted by Crippen LogP contribution is -2.55. The minimum atomic E-state index is -0.215. The summed E-state index contributed by atoms with van der Waals surface area (Å²) in [5.74, 6) is 0. The SMILES string of the molecule is CC(C)(C)NC(=O)N1CCN(c2ccc(=O)[nH]c2)CC1. The van der Waals surface area contributed by atoms with E-state index in [9.17, 15) is 9.59 Å². The maximum absolute atomic E-state index is 12.1. The van der Waals surface area contributed by atoms with Crippen LogP contribution >= 0.6 is 0 Å². The largest absolute Gasteiger partial charge is 0.367 e. The molecule has 0 atom stereocenters. The van der Waals surface area contributed by atoms with Gasteiger partial charge in [-0.3, -0.25) is 4.79 Å². The zero-order valence-corrected chi connectivity index (χ0v) is 12.3. The van der Waals surface area contributed by atoms with Gasteiger partial charge in [0.05, 0.1) is 5.69 Å². The van der Waals surface area contributed by atoms with Gasteiger partial charge in [-0.05, 0) is 26.8 Å². The number of hydrogen-bond donors (Lipinski definition) is 2. The molecule has 1 fully saturated rings. The van der Waals surface area contributed by atoms with Gasteiger partial charge in [-0.25, -0.2) is 4.79 Å². The molecule has 0 bridgehead atoms. The molecular weight excluding hydrogens is 256 g/mol. The van der Waals surface area contributed by atoms with E-state index in [2.05, 4.69) is 15.2 Å². The molecule has 0 aromatic carbocycles.